The van der Waals surface area contributed by atoms with Gasteiger partial charge in [0.2, 0.25) is 0 Å². The number of hydrogen-bond donors (Lipinski definition) is 0. The Morgan fingerprint density at radius 1 is 1.18 bits per heavy atom. The lowest BCUT2D eigenvalue weighted by Crippen LogP contribution is -2.16. The summed E-state index contributed by atoms with van der Waals surface area (Å²) in [7, 11) is 0. The molecule has 0 aliphatic rings. The van der Waals surface area contributed by atoms with Crippen molar-refractivity contribution in [3.05, 3.63) is 41.8 Å². The molecule has 0 nitrogen and oxygen atoms in total. The van der Waals surface area contributed by atoms with E-state index in [-0.39, 0.29) is 5.41 Å². The topological polar surface area (TPSA) is 0 Å². The van der Waals surface area contributed by atoms with E-state index in [9.17, 15) is 0 Å². The highest BCUT2D eigenvalue weighted by molar-refractivity contribution is 5.41. The van der Waals surface area contributed by atoms with Crippen LogP contribution in [0.25, 0.3) is 0 Å². The zero-order chi connectivity index (χ0) is 13.1. The van der Waals surface area contributed by atoms with Crippen LogP contribution in [0.2, 0.25) is 0 Å². The number of hydrogen-bond acceptors (Lipinski definition) is 0. The maximum atomic E-state index is 3.97. The summed E-state index contributed by atoms with van der Waals surface area (Å²) in [5, 5.41) is 0. The van der Waals surface area contributed by atoms with Crippen LogP contribution < -0.4 is 0 Å². The Hall–Kier alpha value is -0.780. The standard InChI is InChI=1S/C17H27/c1-7-8-10-15-14(13(2)3)11-9-12-16(15)17(4,5)6/h9,11-13H,1,7-8,10H2,2-6H3. The summed E-state index contributed by atoms with van der Waals surface area (Å²) in [4.78, 5) is 0. The molecule has 1 aromatic rings. The average Bonchev–Trinajstić information content (AvgIpc) is 2.24. The van der Waals surface area contributed by atoms with Gasteiger partial charge in [-0.15, -0.1) is 0 Å². The van der Waals surface area contributed by atoms with Crippen molar-refractivity contribution in [3.8, 4) is 0 Å². The molecule has 1 aromatic carbocycles. The van der Waals surface area contributed by atoms with Crippen LogP contribution in [-0.2, 0) is 11.8 Å². The number of rotatable bonds is 4. The van der Waals surface area contributed by atoms with Crippen LogP contribution in [-0.4, -0.2) is 0 Å². The second-order valence-electron chi connectivity index (χ2n) is 6.24. The summed E-state index contributed by atoms with van der Waals surface area (Å²) >= 11 is 0. The van der Waals surface area contributed by atoms with Crippen molar-refractivity contribution in [2.75, 3.05) is 0 Å². The van der Waals surface area contributed by atoms with Gasteiger partial charge in [0.05, 0.1) is 0 Å². The largest absolute Gasteiger partial charge is 0.0617 e. The van der Waals surface area contributed by atoms with Crippen molar-refractivity contribution in [2.45, 2.75) is 65.2 Å². The number of benzene rings is 1. The smallest absolute Gasteiger partial charge is 0.0129 e. The van der Waals surface area contributed by atoms with Crippen LogP contribution in [0.1, 0.15) is 70.1 Å². The molecule has 17 heavy (non-hydrogen) atoms. The lowest BCUT2D eigenvalue weighted by molar-refractivity contribution is 0.577. The van der Waals surface area contributed by atoms with Gasteiger partial charge in [-0.1, -0.05) is 66.2 Å². The third kappa shape index (κ3) is 3.59. The summed E-state index contributed by atoms with van der Waals surface area (Å²) in [5.74, 6) is 0.608. The van der Waals surface area contributed by atoms with Gasteiger partial charge < -0.3 is 0 Å². The second kappa shape index (κ2) is 5.71. The van der Waals surface area contributed by atoms with Crippen molar-refractivity contribution >= 4 is 0 Å². The van der Waals surface area contributed by atoms with Crippen LogP contribution >= 0.6 is 0 Å². The van der Waals surface area contributed by atoms with Crippen molar-refractivity contribution in [1.82, 2.24) is 0 Å². The minimum absolute atomic E-state index is 0.238. The summed E-state index contributed by atoms with van der Waals surface area (Å²) in [6, 6.07) is 6.80. The fraction of sp³-hybridized carbons (Fsp3) is 0.588. The molecule has 0 spiro atoms. The Morgan fingerprint density at radius 3 is 2.29 bits per heavy atom. The van der Waals surface area contributed by atoms with Crippen molar-refractivity contribution in [1.29, 1.82) is 0 Å². The van der Waals surface area contributed by atoms with Crippen LogP contribution in [0.15, 0.2) is 18.2 Å². The van der Waals surface area contributed by atoms with Gasteiger partial charge in [-0.2, -0.15) is 0 Å². The fourth-order valence-electron chi connectivity index (χ4n) is 2.43. The first kappa shape index (κ1) is 14.3. The first-order valence-corrected chi connectivity index (χ1v) is 6.79. The molecule has 95 valence electrons. The average molecular weight is 231 g/mol. The molecule has 0 amide bonds. The molecule has 0 aliphatic carbocycles. The molecule has 0 aliphatic heterocycles. The highest BCUT2D eigenvalue weighted by Gasteiger charge is 2.20. The third-order valence-corrected chi connectivity index (χ3v) is 3.32. The first-order chi connectivity index (χ1) is 7.88. The van der Waals surface area contributed by atoms with Gasteiger partial charge in [-0.3, -0.25) is 0 Å². The van der Waals surface area contributed by atoms with Crippen LogP contribution in [0.5, 0.6) is 0 Å². The Morgan fingerprint density at radius 2 is 1.82 bits per heavy atom. The van der Waals surface area contributed by atoms with E-state index in [1.807, 2.05) is 0 Å². The molecule has 0 saturated heterocycles. The molecule has 0 heteroatoms. The molecule has 0 saturated carbocycles. The predicted octanol–water partition coefficient (Wildman–Crippen LogP) is 5.26. The molecule has 0 unspecified atom stereocenters. The van der Waals surface area contributed by atoms with E-state index in [0.29, 0.717) is 5.92 Å². The van der Waals surface area contributed by atoms with Crippen LogP contribution in [0, 0.1) is 6.92 Å². The molecule has 0 fully saturated rings. The zero-order valence-electron chi connectivity index (χ0n) is 12.1. The zero-order valence-corrected chi connectivity index (χ0v) is 12.1. The minimum Gasteiger partial charge on any atom is -0.0617 e. The summed E-state index contributed by atoms with van der Waals surface area (Å²) in [6.45, 7) is 15.5. The predicted molar refractivity (Wildman–Crippen MR) is 77.5 cm³/mol. The third-order valence-electron chi connectivity index (χ3n) is 3.32. The summed E-state index contributed by atoms with van der Waals surface area (Å²) in [6.07, 6.45) is 3.38. The van der Waals surface area contributed by atoms with Gasteiger partial charge in [0.1, 0.15) is 0 Å². The van der Waals surface area contributed by atoms with Gasteiger partial charge >= 0.3 is 0 Å². The van der Waals surface area contributed by atoms with E-state index in [1.165, 1.54) is 24.0 Å². The van der Waals surface area contributed by atoms with Gasteiger partial charge in [0.25, 0.3) is 0 Å². The normalized spacial score (nSPS) is 12.2. The van der Waals surface area contributed by atoms with E-state index in [2.05, 4.69) is 59.7 Å². The van der Waals surface area contributed by atoms with Gasteiger partial charge in [0, 0.05) is 0 Å². The monoisotopic (exact) mass is 231 g/mol. The molecular weight excluding hydrogens is 204 g/mol. The maximum Gasteiger partial charge on any atom is -0.0129 e. The molecular formula is C17H27. The highest BCUT2D eigenvalue weighted by Crippen LogP contribution is 2.32. The van der Waals surface area contributed by atoms with E-state index in [4.69, 9.17) is 0 Å². The van der Waals surface area contributed by atoms with E-state index in [1.54, 1.807) is 5.56 Å². The highest BCUT2D eigenvalue weighted by atomic mass is 14.2. The molecule has 1 radical (unpaired) electrons. The SMILES string of the molecule is [CH2]CCCc1c(C(C)C)cccc1C(C)(C)C. The molecule has 0 N–H and O–H groups in total. The van der Waals surface area contributed by atoms with Crippen molar-refractivity contribution in [2.24, 2.45) is 0 Å². The van der Waals surface area contributed by atoms with Gasteiger partial charge in [-0.05, 0) is 40.9 Å². The van der Waals surface area contributed by atoms with Crippen molar-refractivity contribution in [3.63, 3.8) is 0 Å². The summed E-state index contributed by atoms with van der Waals surface area (Å²) < 4.78 is 0. The lowest BCUT2D eigenvalue weighted by atomic mass is 9.79. The van der Waals surface area contributed by atoms with E-state index in [0.717, 1.165) is 6.42 Å². The van der Waals surface area contributed by atoms with Crippen LogP contribution in [0.3, 0.4) is 0 Å². The quantitative estimate of drug-likeness (QED) is 0.662. The molecule has 0 atom stereocenters. The Bertz CT molecular complexity index is 353. The molecule has 0 heterocycles. The lowest BCUT2D eigenvalue weighted by Gasteiger charge is -2.26. The number of unbranched alkanes of at least 4 members (excludes halogenated alkanes) is 1. The van der Waals surface area contributed by atoms with E-state index < -0.39 is 0 Å². The van der Waals surface area contributed by atoms with Gasteiger partial charge in [0.15, 0.2) is 0 Å². The van der Waals surface area contributed by atoms with Crippen LogP contribution in [0.4, 0.5) is 0 Å². The molecule has 0 aromatic heterocycles. The second-order valence-corrected chi connectivity index (χ2v) is 6.24. The first-order valence-electron chi connectivity index (χ1n) is 6.79. The Balaban J connectivity index is 3.24. The van der Waals surface area contributed by atoms with Gasteiger partial charge in [-0.25, -0.2) is 0 Å². The van der Waals surface area contributed by atoms with E-state index >= 15 is 0 Å². The van der Waals surface area contributed by atoms with Crippen molar-refractivity contribution < 1.29 is 0 Å². The molecule has 1 rings (SSSR count). The Labute approximate surface area is 107 Å². The molecule has 0 bridgehead atoms. The Kier molecular flexibility index (Phi) is 4.80. The minimum atomic E-state index is 0.238. The maximum absolute atomic E-state index is 3.97. The fourth-order valence-corrected chi connectivity index (χ4v) is 2.43. The summed E-state index contributed by atoms with van der Waals surface area (Å²) in [5.41, 5.74) is 4.84.